The van der Waals surface area contributed by atoms with E-state index in [4.69, 9.17) is 9.40 Å². The Morgan fingerprint density at radius 3 is 2.05 bits per heavy atom. The van der Waals surface area contributed by atoms with Crippen LogP contribution in [0.1, 0.15) is 0 Å². The molecule has 9 aromatic carbocycles. The lowest BCUT2D eigenvalue weighted by Gasteiger charge is -2.26. The first kappa shape index (κ1) is 32.7. The summed E-state index contributed by atoms with van der Waals surface area (Å²) in [6.07, 6.45) is 0. The first-order chi connectivity index (χ1) is 28.7. The van der Waals surface area contributed by atoms with Gasteiger partial charge in [-0.1, -0.05) is 121 Å². The van der Waals surface area contributed by atoms with Gasteiger partial charge in [0.15, 0.2) is 5.58 Å². The average Bonchev–Trinajstić information content (AvgIpc) is 3.99. The third kappa shape index (κ3) is 5.18. The van der Waals surface area contributed by atoms with E-state index in [0.29, 0.717) is 5.89 Å². The Morgan fingerprint density at radius 2 is 1.16 bits per heavy atom. The average molecular weight is 760 g/mol. The van der Waals surface area contributed by atoms with Crippen molar-refractivity contribution >= 4 is 92.2 Å². The van der Waals surface area contributed by atoms with E-state index >= 15 is 0 Å². The van der Waals surface area contributed by atoms with Gasteiger partial charge in [0.2, 0.25) is 5.89 Å². The maximum atomic E-state index is 6.52. The predicted octanol–water partition coefficient (Wildman–Crippen LogP) is 15.2. The zero-order chi connectivity index (χ0) is 38.2. The summed E-state index contributed by atoms with van der Waals surface area (Å²) in [6.45, 7) is 0. The van der Waals surface area contributed by atoms with Gasteiger partial charge in [-0.05, 0) is 89.8 Å². The van der Waals surface area contributed by atoms with E-state index in [-0.39, 0.29) is 0 Å². The van der Waals surface area contributed by atoms with Gasteiger partial charge in [0.25, 0.3) is 0 Å². The lowest BCUT2D eigenvalue weighted by atomic mass is 10.0. The van der Waals surface area contributed by atoms with Crippen LogP contribution < -0.4 is 4.90 Å². The second-order valence-electron chi connectivity index (χ2n) is 14.8. The van der Waals surface area contributed by atoms with E-state index in [1.165, 1.54) is 52.8 Å². The molecule has 0 saturated heterocycles. The van der Waals surface area contributed by atoms with Crippen LogP contribution in [-0.4, -0.2) is 9.55 Å². The van der Waals surface area contributed by atoms with Crippen molar-refractivity contribution < 1.29 is 4.42 Å². The summed E-state index contributed by atoms with van der Waals surface area (Å²) < 4.78 is 11.5. The molecular weight excluding hydrogens is 727 g/mol. The summed E-state index contributed by atoms with van der Waals surface area (Å²) in [7, 11) is 0. The Bertz CT molecular complexity index is 3530. The minimum Gasteiger partial charge on any atom is -0.435 e. The van der Waals surface area contributed by atoms with Crippen LogP contribution >= 0.6 is 11.3 Å². The van der Waals surface area contributed by atoms with Crippen molar-refractivity contribution in [3.05, 3.63) is 200 Å². The van der Waals surface area contributed by atoms with Crippen molar-refractivity contribution in [3.63, 3.8) is 0 Å². The number of aromatic nitrogens is 2. The molecule has 0 N–H and O–H groups in total. The molecule has 0 saturated carbocycles. The van der Waals surface area contributed by atoms with Gasteiger partial charge in [-0.15, -0.1) is 11.3 Å². The van der Waals surface area contributed by atoms with Crippen LogP contribution in [-0.2, 0) is 0 Å². The molecule has 5 heteroatoms. The molecule has 58 heavy (non-hydrogen) atoms. The van der Waals surface area contributed by atoms with Gasteiger partial charge in [-0.3, -0.25) is 0 Å². The third-order valence-electron chi connectivity index (χ3n) is 11.4. The standard InChI is InChI=1S/C53H33N3OS/c1-3-14-35(15-4-1)53-54-47-23-12-22-42(52(47)57-53)36-16-11-19-38(31-36)55(40-26-29-44-43-21-9-10-24-49(43)58-50(44)33-40)39-27-30-48-46(32-39)45-28-25-34-13-7-8-20-41(34)51(45)56(48)37-17-5-2-6-18-37/h1-33H. The molecule has 0 atom stereocenters. The summed E-state index contributed by atoms with van der Waals surface area (Å²) in [5.74, 6) is 0.619. The molecule has 4 nitrogen and oxygen atoms in total. The first-order valence-electron chi connectivity index (χ1n) is 19.5. The molecule has 0 aliphatic carbocycles. The Hall–Kier alpha value is -7.47. The van der Waals surface area contributed by atoms with Gasteiger partial charge in [-0.25, -0.2) is 4.98 Å². The number of nitrogens with zero attached hydrogens (tertiary/aromatic N) is 3. The lowest BCUT2D eigenvalue weighted by Crippen LogP contribution is -2.10. The Kier molecular flexibility index (Phi) is 7.37. The number of oxazole rings is 1. The highest BCUT2D eigenvalue weighted by molar-refractivity contribution is 7.25. The number of benzene rings is 9. The van der Waals surface area contributed by atoms with E-state index in [2.05, 4.69) is 173 Å². The highest BCUT2D eigenvalue weighted by Crippen LogP contribution is 2.45. The molecular formula is C53H33N3OS. The summed E-state index contributed by atoms with van der Waals surface area (Å²) in [5.41, 5.74) is 11.4. The highest BCUT2D eigenvalue weighted by atomic mass is 32.1. The third-order valence-corrected chi connectivity index (χ3v) is 12.5. The molecule has 0 spiro atoms. The van der Waals surface area contributed by atoms with E-state index in [1.54, 1.807) is 0 Å². The number of anilines is 3. The monoisotopic (exact) mass is 759 g/mol. The van der Waals surface area contributed by atoms with Crippen LogP contribution in [0.4, 0.5) is 17.1 Å². The second kappa shape index (κ2) is 13.1. The number of para-hydroxylation sites is 2. The smallest absolute Gasteiger partial charge is 0.227 e. The second-order valence-corrected chi connectivity index (χ2v) is 15.8. The van der Waals surface area contributed by atoms with Gasteiger partial charge in [-0.2, -0.15) is 0 Å². The molecule has 272 valence electrons. The summed E-state index contributed by atoms with van der Waals surface area (Å²) in [5, 5.41) is 7.45. The quantitative estimate of drug-likeness (QED) is 0.169. The molecule has 0 unspecified atom stereocenters. The number of hydrogen-bond acceptors (Lipinski definition) is 4. The van der Waals surface area contributed by atoms with Crippen LogP contribution in [0.3, 0.4) is 0 Å². The maximum Gasteiger partial charge on any atom is 0.227 e. The number of rotatable bonds is 6. The van der Waals surface area contributed by atoms with Crippen LogP contribution in [0.5, 0.6) is 0 Å². The lowest BCUT2D eigenvalue weighted by molar-refractivity contribution is 0.621. The number of thiophene rings is 1. The SMILES string of the molecule is c1ccc(-c2nc3cccc(-c4cccc(N(c5ccc6c(c5)sc5ccccc56)c5ccc6c(c5)c5ccc7ccccc7c5n6-c5ccccc5)c4)c3o2)cc1. The van der Waals surface area contributed by atoms with Gasteiger partial charge < -0.3 is 13.9 Å². The minimum atomic E-state index is 0.619. The van der Waals surface area contributed by atoms with E-state index < -0.39 is 0 Å². The van der Waals surface area contributed by atoms with Crippen LogP contribution in [0.25, 0.3) is 92.1 Å². The van der Waals surface area contributed by atoms with Crippen molar-refractivity contribution in [1.82, 2.24) is 9.55 Å². The topological polar surface area (TPSA) is 34.2 Å². The fraction of sp³-hybridized carbons (Fsp3) is 0. The minimum absolute atomic E-state index is 0.619. The molecule has 0 radical (unpaired) electrons. The number of fused-ring (bicyclic) bond motifs is 9. The largest absolute Gasteiger partial charge is 0.435 e. The van der Waals surface area contributed by atoms with E-state index in [1.807, 2.05) is 47.7 Å². The van der Waals surface area contributed by atoms with Gasteiger partial charge in [0, 0.05) is 70.2 Å². The molecule has 0 bridgehead atoms. The Labute approximate surface area is 338 Å². The normalized spacial score (nSPS) is 11.8. The summed E-state index contributed by atoms with van der Waals surface area (Å²) >= 11 is 1.84. The first-order valence-corrected chi connectivity index (χ1v) is 20.4. The fourth-order valence-electron chi connectivity index (χ4n) is 8.75. The number of hydrogen-bond donors (Lipinski definition) is 0. The van der Waals surface area contributed by atoms with Crippen LogP contribution in [0.2, 0.25) is 0 Å². The molecule has 0 aliphatic rings. The summed E-state index contributed by atoms with van der Waals surface area (Å²) in [6, 6.07) is 71.6. The van der Waals surface area contributed by atoms with E-state index in [0.717, 1.165) is 50.5 Å². The van der Waals surface area contributed by atoms with Crippen molar-refractivity contribution in [3.8, 4) is 28.3 Å². The highest BCUT2D eigenvalue weighted by Gasteiger charge is 2.21. The fourth-order valence-corrected chi connectivity index (χ4v) is 9.89. The Morgan fingerprint density at radius 1 is 0.466 bits per heavy atom. The van der Waals surface area contributed by atoms with Gasteiger partial charge in [0.1, 0.15) is 5.52 Å². The van der Waals surface area contributed by atoms with Gasteiger partial charge in [0.05, 0.1) is 11.0 Å². The van der Waals surface area contributed by atoms with Gasteiger partial charge >= 0.3 is 0 Å². The molecule has 0 amide bonds. The summed E-state index contributed by atoms with van der Waals surface area (Å²) in [4.78, 5) is 7.29. The maximum absolute atomic E-state index is 6.52. The Balaban J connectivity index is 1.08. The van der Waals surface area contributed by atoms with E-state index in [9.17, 15) is 0 Å². The van der Waals surface area contributed by atoms with Crippen molar-refractivity contribution in [2.45, 2.75) is 0 Å². The van der Waals surface area contributed by atoms with Crippen LogP contribution in [0.15, 0.2) is 205 Å². The zero-order valence-electron chi connectivity index (χ0n) is 31.2. The molecule has 12 aromatic rings. The molecule has 0 aliphatic heterocycles. The molecule has 3 heterocycles. The van der Waals surface area contributed by atoms with Crippen molar-refractivity contribution in [2.75, 3.05) is 4.90 Å². The van der Waals surface area contributed by atoms with Crippen molar-refractivity contribution in [2.24, 2.45) is 0 Å². The molecule has 12 rings (SSSR count). The zero-order valence-corrected chi connectivity index (χ0v) is 32.0. The predicted molar refractivity (Wildman–Crippen MR) is 244 cm³/mol. The van der Waals surface area contributed by atoms with Crippen LogP contribution in [0, 0.1) is 0 Å². The van der Waals surface area contributed by atoms with Crippen molar-refractivity contribution in [1.29, 1.82) is 0 Å². The molecule has 3 aromatic heterocycles. The molecule has 0 fully saturated rings.